The molecular weight excluding hydrogens is 372 g/mol. The summed E-state index contributed by atoms with van der Waals surface area (Å²) in [5, 5.41) is 7.61. The van der Waals surface area contributed by atoms with Crippen molar-refractivity contribution < 1.29 is 4.74 Å². The van der Waals surface area contributed by atoms with Gasteiger partial charge in [-0.15, -0.1) is 0 Å². The topological polar surface area (TPSA) is 59.1 Å². The Bertz CT molecular complexity index is 636. The van der Waals surface area contributed by atoms with Gasteiger partial charge in [-0.25, -0.2) is 0 Å². The molecule has 1 aromatic rings. The van der Waals surface area contributed by atoms with Gasteiger partial charge in [-0.1, -0.05) is 39.8 Å². The van der Waals surface area contributed by atoms with E-state index in [-0.39, 0.29) is 10.6 Å². The quantitative estimate of drug-likeness (QED) is 0.581. The van der Waals surface area contributed by atoms with Crippen molar-refractivity contribution in [2.45, 2.75) is 38.2 Å². The summed E-state index contributed by atoms with van der Waals surface area (Å²) in [6, 6.07) is 6.64. The van der Waals surface area contributed by atoms with Crippen LogP contribution in [-0.2, 0) is 11.2 Å². The van der Waals surface area contributed by atoms with E-state index in [1.165, 1.54) is 41.3 Å². The van der Waals surface area contributed by atoms with Crippen LogP contribution in [0.5, 0.6) is 0 Å². The highest BCUT2D eigenvalue weighted by Crippen LogP contribution is 2.55. The van der Waals surface area contributed by atoms with Crippen LogP contribution in [0.3, 0.4) is 0 Å². The molecule has 0 aromatic heterocycles. The highest BCUT2D eigenvalue weighted by atomic mass is 79.9. The molecule has 5 heteroatoms. The smallest absolute Gasteiger partial charge is 0.151 e. The highest BCUT2D eigenvalue weighted by Gasteiger charge is 2.43. The predicted octanol–water partition coefficient (Wildman–Crippen LogP) is 4.59. The maximum atomic E-state index is 7.42. The van der Waals surface area contributed by atoms with Crippen LogP contribution < -0.4 is 5.73 Å². The number of nitrogens with two attached hydrogens (primary N) is 1. The third kappa shape index (κ3) is 3.52. The van der Waals surface area contributed by atoms with Gasteiger partial charge in [0.05, 0.1) is 6.10 Å². The van der Waals surface area contributed by atoms with E-state index >= 15 is 0 Å². The van der Waals surface area contributed by atoms with Gasteiger partial charge in [0.25, 0.3) is 0 Å². The summed E-state index contributed by atoms with van der Waals surface area (Å²) in [6.07, 6.45) is 8.44. The maximum Gasteiger partial charge on any atom is 0.151 e. The number of allylic oxidation sites excluding steroid dienone is 1. The Balaban J connectivity index is 1.91. The first-order valence-corrected chi connectivity index (χ1v) is 9.81. The molecule has 2 aliphatic rings. The van der Waals surface area contributed by atoms with Crippen LogP contribution >= 0.6 is 27.7 Å². The Hall–Kier alpha value is -0.780. The van der Waals surface area contributed by atoms with Crippen molar-refractivity contribution in [2.24, 2.45) is 11.1 Å². The van der Waals surface area contributed by atoms with Gasteiger partial charge in [-0.2, -0.15) is 0 Å². The molecule has 0 heterocycles. The zero-order chi connectivity index (χ0) is 16.4. The number of halogens is 1. The SMILES string of the molecule is COC1CCC2(CC1)Cc1ccc(Br)cc1C2=CCSC(=N)N. The molecule has 0 saturated heterocycles. The van der Waals surface area contributed by atoms with Gasteiger partial charge < -0.3 is 10.5 Å². The van der Waals surface area contributed by atoms with Crippen LogP contribution in [0.2, 0.25) is 0 Å². The van der Waals surface area contributed by atoms with Crippen molar-refractivity contribution in [2.75, 3.05) is 12.9 Å². The van der Waals surface area contributed by atoms with Crippen LogP contribution in [0.25, 0.3) is 5.57 Å². The van der Waals surface area contributed by atoms with E-state index in [9.17, 15) is 0 Å². The van der Waals surface area contributed by atoms with E-state index in [0.29, 0.717) is 6.10 Å². The maximum absolute atomic E-state index is 7.42. The molecule has 0 atom stereocenters. The number of methoxy groups -OCH3 is 1. The zero-order valence-corrected chi connectivity index (χ0v) is 15.8. The standard InChI is InChI=1S/C18H23BrN2OS/c1-22-14-4-7-18(8-5-14)11-12-2-3-13(19)10-15(12)16(18)6-9-23-17(20)21/h2-3,6,10,14H,4-5,7-9,11H2,1H3,(H3,20,21). The van der Waals surface area contributed by atoms with Crippen molar-refractivity contribution in [1.82, 2.24) is 0 Å². The van der Waals surface area contributed by atoms with Crippen molar-refractivity contribution in [3.8, 4) is 0 Å². The second kappa shape index (κ2) is 6.99. The molecule has 3 rings (SSSR count). The number of nitrogens with one attached hydrogen (secondary N) is 1. The molecule has 2 aliphatic carbocycles. The fraction of sp³-hybridized carbons (Fsp3) is 0.500. The Morgan fingerprint density at radius 3 is 2.87 bits per heavy atom. The third-order valence-corrected chi connectivity index (χ3v) is 6.35. The summed E-state index contributed by atoms with van der Waals surface area (Å²) >= 11 is 5.01. The molecule has 23 heavy (non-hydrogen) atoms. The molecule has 1 aromatic carbocycles. The summed E-state index contributed by atoms with van der Waals surface area (Å²) in [4.78, 5) is 0. The normalized spacial score (nSPS) is 28.3. The molecule has 0 amide bonds. The summed E-state index contributed by atoms with van der Waals surface area (Å²) < 4.78 is 6.69. The van der Waals surface area contributed by atoms with E-state index in [4.69, 9.17) is 15.9 Å². The number of hydrogen-bond donors (Lipinski definition) is 2. The number of ether oxygens (including phenoxy) is 1. The van der Waals surface area contributed by atoms with Gasteiger partial charge in [0.2, 0.25) is 0 Å². The predicted molar refractivity (Wildman–Crippen MR) is 102 cm³/mol. The largest absolute Gasteiger partial charge is 0.381 e. The molecule has 0 radical (unpaired) electrons. The molecule has 0 aliphatic heterocycles. The van der Waals surface area contributed by atoms with Crippen LogP contribution in [0.1, 0.15) is 36.8 Å². The second-order valence-corrected chi connectivity index (χ2v) is 8.46. The van der Waals surface area contributed by atoms with E-state index in [1.54, 1.807) is 0 Å². The van der Waals surface area contributed by atoms with Crippen molar-refractivity contribution >= 4 is 38.4 Å². The highest BCUT2D eigenvalue weighted by molar-refractivity contribution is 9.10. The van der Waals surface area contributed by atoms with E-state index in [2.05, 4.69) is 40.2 Å². The van der Waals surface area contributed by atoms with Crippen LogP contribution in [0.4, 0.5) is 0 Å². The first-order chi connectivity index (χ1) is 11.0. The minimum absolute atomic E-state index is 0.187. The molecule has 124 valence electrons. The monoisotopic (exact) mass is 394 g/mol. The molecule has 3 N–H and O–H groups in total. The van der Waals surface area contributed by atoms with Gasteiger partial charge in [-0.3, -0.25) is 5.41 Å². The second-order valence-electron chi connectivity index (χ2n) is 6.49. The molecule has 0 unspecified atom stereocenters. The summed E-state index contributed by atoms with van der Waals surface area (Å²) in [7, 11) is 1.82. The zero-order valence-electron chi connectivity index (χ0n) is 13.4. The van der Waals surface area contributed by atoms with Gasteiger partial charge >= 0.3 is 0 Å². The lowest BCUT2D eigenvalue weighted by molar-refractivity contribution is 0.0447. The lowest BCUT2D eigenvalue weighted by Gasteiger charge is -2.38. The summed E-state index contributed by atoms with van der Waals surface area (Å²) in [6.45, 7) is 0. The number of benzene rings is 1. The lowest BCUT2D eigenvalue weighted by atomic mass is 9.68. The van der Waals surface area contributed by atoms with E-state index in [0.717, 1.165) is 29.5 Å². The van der Waals surface area contributed by atoms with Crippen LogP contribution in [-0.4, -0.2) is 24.1 Å². The van der Waals surface area contributed by atoms with Gasteiger partial charge in [0.1, 0.15) is 0 Å². The number of fused-ring (bicyclic) bond motifs is 1. The number of hydrogen-bond acceptors (Lipinski definition) is 3. The van der Waals surface area contributed by atoms with E-state index in [1.807, 2.05) is 7.11 Å². The van der Waals surface area contributed by atoms with Gasteiger partial charge in [0, 0.05) is 17.3 Å². The van der Waals surface area contributed by atoms with E-state index < -0.39 is 0 Å². The minimum Gasteiger partial charge on any atom is -0.381 e. The van der Waals surface area contributed by atoms with Crippen LogP contribution in [0.15, 0.2) is 28.7 Å². The van der Waals surface area contributed by atoms with Gasteiger partial charge in [0.15, 0.2) is 5.17 Å². The fourth-order valence-electron chi connectivity index (χ4n) is 4.07. The average molecular weight is 395 g/mol. The summed E-state index contributed by atoms with van der Waals surface area (Å²) in [5.74, 6) is 0.770. The average Bonchev–Trinajstić information content (AvgIpc) is 2.81. The van der Waals surface area contributed by atoms with Crippen molar-refractivity contribution in [3.05, 3.63) is 39.9 Å². The molecule has 3 nitrogen and oxygen atoms in total. The number of amidine groups is 1. The Morgan fingerprint density at radius 2 is 2.22 bits per heavy atom. The molecule has 1 fully saturated rings. The minimum atomic E-state index is 0.187. The van der Waals surface area contributed by atoms with Crippen molar-refractivity contribution in [1.29, 1.82) is 5.41 Å². The molecule has 1 saturated carbocycles. The van der Waals surface area contributed by atoms with Crippen LogP contribution in [0, 0.1) is 10.8 Å². The third-order valence-electron chi connectivity index (χ3n) is 5.21. The lowest BCUT2D eigenvalue weighted by Crippen LogP contribution is -2.30. The Morgan fingerprint density at radius 1 is 1.48 bits per heavy atom. The molecule has 0 bridgehead atoms. The first-order valence-electron chi connectivity index (χ1n) is 8.03. The summed E-state index contributed by atoms with van der Waals surface area (Å²) in [5.41, 5.74) is 10.0. The fourth-order valence-corrected chi connectivity index (χ4v) is 4.86. The number of thioether (sulfide) groups is 1. The number of rotatable bonds is 3. The molecular formula is C18H23BrN2OS. The van der Waals surface area contributed by atoms with Crippen molar-refractivity contribution in [3.63, 3.8) is 0 Å². The Labute approximate surface area is 150 Å². The molecule has 1 spiro atoms. The first kappa shape index (κ1) is 17.1. The Kier molecular flexibility index (Phi) is 5.19. The van der Waals surface area contributed by atoms with Gasteiger partial charge in [-0.05, 0) is 66.4 Å².